The van der Waals surface area contributed by atoms with Crippen LogP contribution in [0.5, 0.6) is 0 Å². The fourth-order valence-corrected chi connectivity index (χ4v) is 3.69. The van der Waals surface area contributed by atoms with Crippen molar-refractivity contribution in [1.82, 2.24) is 20.5 Å². The topological polar surface area (TPSA) is 41.0 Å². The lowest BCUT2D eigenvalue weighted by Crippen LogP contribution is -2.56. The number of halogens is 1. The van der Waals surface area contributed by atoms with E-state index in [4.69, 9.17) is 0 Å². The van der Waals surface area contributed by atoms with Crippen LogP contribution in [0.4, 0.5) is 0 Å². The van der Waals surface area contributed by atoms with Gasteiger partial charge in [-0.1, -0.05) is 28.4 Å². The van der Waals surface area contributed by atoms with E-state index in [1.807, 2.05) is 21.1 Å². The molecule has 2 rings (SSSR count). The Kier molecular flexibility index (Phi) is 6.93. The van der Waals surface area contributed by atoms with E-state index in [0.29, 0.717) is 5.92 Å². The second-order valence-corrected chi connectivity index (χ2v) is 6.79. The van der Waals surface area contributed by atoms with Gasteiger partial charge in [0, 0.05) is 42.9 Å². The molecule has 0 aromatic carbocycles. The van der Waals surface area contributed by atoms with Gasteiger partial charge in [0.1, 0.15) is 5.66 Å². The van der Waals surface area contributed by atoms with E-state index in [0.717, 1.165) is 11.9 Å². The Labute approximate surface area is 148 Å². The van der Waals surface area contributed by atoms with Gasteiger partial charge in [-0.3, -0.25) is 10.6 Å². The van der Waals surface area contributed by atoms with E-state index in [1.165, 1.54) is 30.5 Å². The predicted octanol–water partition coefficient (Wildman–Crippen LogP) is 2.85. The molecule has 1 aliphatic carbocycles. The Bertz CT molecular complexity index is 529. The molecule has 5 heteroatoms. The lowest BCUT2D eigenvalue weighted by Gasteiger charge is -2.39. The summed E-state index contributed by atoms with van der Waals surface area (Å²) in [6.45, 7) is 0.886. The molecule has 0 fully saturated rings. The molecular weight excluding hydrogens is 352 g/mol. The highest BCUT2D eigenvalue weighted by Crippen LogP contribution is 2.31. The molecule has 1 aliphatic rings. The van der Waals surface area contributed by atoms with Crippen molar-refractivity contribution in [2.45, 2.75) is 31.5 Å². The van der Waals surface area contributed by atoms with E-state index in [-0.39, 0.29) is 5.66 Å². The van der Waals surface area contributed by atoms with Crippen LogP contribution in [-0.4, -0.2) is 36.7 Å². The lowest BCUT2D eigenvalue weighted by molar-refractivity contribution is 0.392. The third-order valence-corrected chi connectivity index (χ3v) is 5.24. The monoisotopic (exact) mass is 380 g/mol. The summed E-state index contributed by atoms with van der Waals surface area (Å²) in [5.74, 6) is 0.458. The molecule has 0 spiro atoms. The molecule has 1 aromatic rings. The van der Waals surface area contributed by atoms with Crippen LogP contribution in [0.1, 0.15) is 19.3 Å². The van der Waals surface area contributed by atoms with Crippen molar-refractivity contribution in [3.63, 3.8) is 0 Å². The van der Waals surface area contributed by atoms with Gasteiger partial charge in [0.15, 0.2) is 0 Å². The summed E-state index contributed by atoms with van der Waals surface area (Å²) in [5, 5.41) is 11.4. The molecule has 1 heterocycles. The Balaban J connectivity index is 2.27. The van der Waals surface area contributed by atoms with E-state index in [2.05, 4.69) is 73.1 Å². The predicted molar refractivity (Wildman–Crippen MR) is 102 cm³/mol. The third-order valence-electron chi connectivity index (χ3n) is 4.68. The standard InChI is InChI=1S/C18H29BrN4/c1-20-17-13-18(21-2,22-3)16(14-23-10-6-7-11-23)12-15(17)8-4-5-9-19/h6-7,10-13,15,20-22H,4-5,8-9,14H2,1-3H3. The molecule has 4 nitrogen and oxygen atoms in total. The zero-order valence-corrected chi connectivity index (χ0v) is 16.0. The number of nitrogens with one attached hydrogen (secondary N) is 3. The second-order valence-electron chi connectivity index (χ2n) is 6.00. The summed E-state index contributed by atoms with van der Waals surface area (Å²) >= 11 is 3.53. The number of alkyl halides is 1. The van der Waals surface area contributed by atoms with Gasteiger partial charge in [0.25, 0.3) is 0 Å². The summed E-state index contributed by atoms with van der Waals surface area (Å²) in [6.07, 6.45) is 12.6. The zero-order valence-electron chi connectivity index (χ0n) is 14.4. The van der Waals surface area contributed by atoms with Gasteiger partial charge in [-0.2, -0.15) is 0 Å². The van der Waals surface area contributed by atoms with Crippen molar-refractivity contribution in [3.8, 4) is 0 Å². The number of unbranched alkanes of at least 4 members (excludes halogenated alkanes) is 1. The molecule has 0 saturated carbocycles. The molecule has 0 radical (unpaired) electrons. The van der Waals surface area contributed by atoms with Crippen molar-refractivity contribution >= 4 is 15.9 Å². The Morgan fingerprint density at radius 1 is 1.13 bits per heavy atom. The first kappa shape index (κ1) is 18.3. The molecule has 23 heavy (non-hydrogen) atoms. The largest absolute Gasteiger partial charge is 0.391 e. The maximum absolute atomic E-state index is 3.53. The van der Waals surface area contributed by atoms with Crippen molar-refractivity contribution in [2.75, 3.05) is 26.5 Å². The summed E-state index contributed by atoms with van der Waals surface area (Å²) in [6, 6.07) is 4.15. The molecule has 0 saturated heterocycles. The maximum atomic E-state index is 3.53. The van der Waals surface area contributed by atoms with Crippen LogP contribution in [-0.2, 0) is 6.54 Å². The average molecular weight is 381 g/mol. The van der Waals surface area contributed by atoms with Gasteiger partial charge in [-0.25, -0.2) is 0 Å². The number of hydrogen-bond acceptors (Lipinski definition) is 3. The molecular formula is C18H29BrN4. The van der Waals surface area contributed by atoms with Crippen LogP contribution in [0.15, 0.2) is 47.9 Å². The van der Waals surface area contributed by atoms with Crippen molar-refractivity contribution in [1.29, 1.82) is 0 Å². The number of hydrogen-bond donors (Lipinski definition) is 3. The van der Waals surface area contributed by atoms with Gasteiger partial charge in [-0.15, -0.1) is 0 Å². The van der Waals surface area contributed by atoms with Gasteiger partial charge < -0.3 is 9.88 Å². The number of likely N-dealkylation sites (N-methyl/N-ethyl adjacent to an activating group) is 2. The van der Waals surface area contributed by atoms with Crippen LogP contribution >= 0.6 is 15.9 Å². The average Bonchev–Trinajstić information content (AvgIpc) is 3.09. The Hall–Kier alpha value is -1.04. The van der Waals surface area contributed by atoms with Crippen LogP contribution in [0.2, 0.25) is 0 Å². The highest BCUT2D eigenvalue weighted by Gasteiger charge is 2.34. The maximum Gasteiger partial charge on any atom is 0.113 e. The summed E-state index contributed by atoms with van der Waals surface area (Å²) in [5.41, 5.74) is 2.36. The molecule has 1 aromatic heterocycles. The second kappa shape index (κ2) is 8.71. The minimum atomic E-state index is -0.297. The highest BCUT2D eigenvalue weighted by molar-refractivity contribution is 9.09. The molecule has 3 N–H and O–H groups in total. The van der Waals surface area contributed by atoms with Gasteiger partial charge in [-0.05, 0) is 50.7 Å². The van der Waals surface area contributed by atoms with E-state index in [1.54, 1.807) is 0 Å². The van der Waals surface area contributed by atoms with Crippen molar-refractivity contribution in [3.05, 3.63) is 47.9 Å². The van der Waals surface area contributed by atoms with Crippen LogP contribution in [0.3, 0.4) is 0 Å². The Morgan fingerprint density at radius 2 is 1.83 bits per heavy atom. The lowest BCUT2D eigenvalue weighted by atomic mass is 9.83. The summed E-state index contributed by atoms with van der Waals surface area (Å²) in [4.78, 5) is 0. The first-order chi connectivity index (χ1) is 11.2. The third kappa shape index (κ3) is 4.28. The van der Waals surface area contributed by atoms with Crippen LogP contribution in [0, 0.1) is 5.92 Å². The van der Waals surface area contributed by atoms with Gasteiger partial charge in [0.05, 0.1) is 0 Å². The first-order valence-corrected chi connectivity index (χ1v) is 9.47. The smallest absolute Gasteiger partial charge is 0.113 e. The number of rotatable bonds is 9. The zero-order chi connectivity index (χ0) is 16.7. The van der Waals surface area contributed by atoms with E-state index in [9.17, 15) is 0 Å². The van der Waals surface area contributed by atoms with Gasteiger partial charge >= 0.3 is 0 Å². The number of aromatic nitrogens is 1. The molecule has 128 valence electrons. The fourth-order valence-electron chi connectivity index (χ4n) is 3.29. The molecule has 0 amide bonds. The van der Waals surface area contributed by atoms with Gasteiger partial charge in [0.2, 0.25) is 0 Å². The molecule has 1 atom stereocenters. The number of allylic oxidation sites excluding steroid dienone is 1. The molecule has 0 bridgehead atoms. The summed E-state index contributed by atoms with van der Waals surface area (Å²) in [7, 11) is 6.04. The van der Waals surface area contributed by atoms with Crippen molar-refractivity contribution in [2.24, 2.45) is 5.92 Å². The van der Waals surface area contributed by atoms with Crippen LogP contribution < -0.4 is 16.0 Å². The van der Waals surface area contributed by atoms with E-state index >= 15 is 0 Å². The normalized spacial score (nSPS) is 20.1. The van der Waals surface area contributed by atoms with E-state index < -0.39 is 0 Å². The Morgan fingerprint density at radius 3 is 2.39 bits per heavy atom. The minimum Gasteiger partial charge on any atom is -0.391 e. The number of nitrogens with zero attached hydrogens (tertiary/aromatic N) is 1. The fraction of sp³-hybridized carbons (Fsp3) is 0.556. The SMILES string of the molecule is CNC1=CC(NC)(NC)C(Cn2cccc2)=CC1CCCCBr. The molecule has 1 unspecified atom stereocenters. The quantitative estimate of drug-likeness (QED) is 0.267. The minimum absolute atomic E-state index is 0.297. The summed E-state index contributed by atoms with van der Waals surface area (Å²) < 4.78 is 2.23. The highest BCUT2D eigenvalue weighted by atomic mass is 79.9. The first-order valence-electron chi connectivity index (χ1n) is 8.35. The van der Waals surface area contributed by atoms with Crippen molar-refractivity contribution < 1.29 is 0 Å². The van der Waals surface area contributed by atoms with Crippen LogP contribution in [0.25, 0.3) is 0 Å². The molecule has 0 aliphatic heterocycles.